The number of aliphatic hydroxyl groups is 1. The first-order chi connectivity index (χ1) is 8.54. The smallest absolute Gasteiger partial charge is 0.366 e. The molecule has 1 N–H and O–H groups in total. The predicted octanol–water partition coefficient (Wildman–Crippen LogP) is 3.32. The Bertz CT molecular complexity index is 397. The minimum Gasteiger partial charge on any atom is -0.373 e. The fourth-order valence-corrected chi connectivity index (χ4v) is 3.66. The Balaban J connectivity index is 3.23. The summed E-state index contributed by atoms with van der Waals surface area (Å²) in [5.74, 6) is 0. The highest BCUT2D eigenvalue weighted by atomic mass is 31.2. The second-order valence-electron chi connectivity index (χ2n) is 3.77. The van der Waals surface area contributed by atoms with Crippen molar-refractivity contribution in [2.45, 2.75) is 25.6 Å². The van der Waals surface area contributed by atoms with E-state index >= 15 is 0 Å². The van der Waals surface area contributed by atoms with Gasteiger partial charge >= 0.3 is 7.60 Å². The van der Waals surface area contributed by atoms with Gasteiger partial charge in [0.05, 0.1) is 13.2 Å². The molecule has 1 rings (SSSR count). The third-order valence-electron chi connectivity index (χ3n) is 2.64. The SMILES string of the molecule is [CH2]CC(O)(c1ccccc1)P(=O)(OCC)OCC. The number of benzene rings is 1. The molecule has 1 radical (unpaired) electrons. The van der Waals surface area contributed by atoms with Gasteiger partial charge in [-0.15, -0.1) is 0 Å². The van der Waals surface area contributed by atoms with Crippen LogP contribution in [-0.4, -0.2) is 18.3 Å². The van der Waals surface area contributed by atoms with Crippen LogP contribution in [0, 0.1) is 6.92 Å². The zero-order valence-electron chi connectivity index (χ0n) is 10.8. The summed E-state index contributed by atoms with van der Waals surface area (Å²) >= 11 is 0. The number of rotatable bonds is 7. The summed E-state index contributed by atoms with van der Waals surface area (Å²) in [4.78, 5) is 0. The van der Waals surface area contributed by atoms with E-state index in [2.05, 4.69) is 6.92 Å². The van der Waals surface area contributed by atoms with Gasteiger partial charge in [0.2, 0.25) is 0 Å². The van der Waals surface area contributed by atoms with E-state index < -0.39 is 12.9 Å². The Morgan fingerprint density at radius 1 is 1.22 bits per heavy atom. The molecule has 4 nitrogen and oxygen atoms in total. The average molecular weight is 271 g/mol. The first kappa shape index (κ1) is 15.4. The van der Waals surface area contributed by atoms with Crippen molar-refractivity contribution >= 4 is 7.60 Å². The lowest BCUT2D eigenvalue weighted by Crippen LogP contribution is -2.27. The van der Waals surface area contributed by atoms with Gasteiger partial charge < -0.3 is 14.2 Å². The van der Waals surface area contributed by atoms with Crippen molar-refractivity contribution in [3.05, 3.63) is 42.8 Å². The highest BCUT2D eigenvalue weighted by Gasteiger charge is 2.49. The van der Waals surface area contributed by atoms with Crippen LogP contribution >= 0.6 is 7.60 Å². The van der Waals surface area contributed by atoms with Crippen LogP contribution in [0.15, 0.2) is 30.3 Å². The van der Waals surface area contributed by atoms with E-state index in [0.29, 0.717) is 5.56 Å². The van der Waals surface area contributed by atoms with E-state index in [4.69, 9.17) is 9.05 Å². The molecule has 1 aromatic rings. The molecule has 5 heteroatoms. The van der Waals surface area contributed by atoms with E-state index in [1.54, 1.807) is 38.1 Å². The minimum atomic E-state index is -3.67. The van der Waals surface area contributed by atoms with Gasteiger partial charge in [0.25, 0.3) is 0 Å². The summed E-state index contributed by atoms with van der Waals surface area (Å²) in [5, 5.41) is 8.99. The van der Waals surface area contributed by atoms with Gasteiger partial charge in [-0.2, -0.15) is 0 Å². The zero-order chi connectivity index (χ0) is 13.6. The molecule has 0 bridgehead atoms. The Morgan fingerprint density at radius 2 is 1.72 bits per heavy atom. The van der Waals surface area contributed by atoms with Crippen molar-refractivity contribution in [1.29, 1.82) is 0 Å². The maximum Gasteiger partial charge on any atom is 0.366 e. The Morgan fingerprint density at radius 3 is 2.11 bits per heavy atom. The molecule has 0 aliphatic carbocycles. The molecular weight excluding hydrogens is 251 g/mol. The molecule has 0 aliphatic heterocycles. The van der Waals surface area contributed by atoms with Gasteiger partial charge in [-0.1, -0.05) is 30.3 Å². The van der Waals surface area contributed by atoms with Crippen LogP contribution in [0.3, 0.4) is 0 Å². The van der Waals surface area contributed by atoms with Crippen molar-refractivity contribution in [2.75, 3.05) is 13.2 Å². The van der Waals surface area contributed by atoms with Crippen LogP contribution in [0.1, 0.15) is 25.8 Å². The molecule has 0 aromatic heterocycles. The van der Waals surface area contributed by atoms with Crippen LogP contribution in [0.2, 0.25) is 0 Å². The summed E-state index contributed by atoms with van der Waals surface area (Å²) in [5.41, 5.74) is 0.491. The third-order valence-corrected chi connectivity index (χ3v) is 5.22. The normalized spacial score (nSPS) is 15.3. The molecule has 0 aliphatic rings. The lowest BCUT2D eigenvalue weighted by molar-refractivity contribution is 0.0671. The maximum atomic E-state index is 12.7. The first-order valence-corrected chi connectivity index (χ1v) is 7.54. The van der Waals surface area contributed by atoms with Gasteiger partial charge in [-0.25, -0.2) is 0 Å². The van der Waals surface area contributed by atoms with Crippen LogP contribution in [0.4, 0.5) is 0 Å². The van der Waals surface area contributed by atoms with E-state index in [1.165, 1.54) is 0 Å². The van der Waals surface area contributed by atoms with E-state index in [0.717, 1.165) is 0 Å². The fourth-order valence-electron chi connectivity index (χ4n) is 1.74. The molecule has 1 unspecified atom stereocenters. The highest BCUT2D eigenvalue weighted by molar-refractivity contribution is 7.54. The average Bonchev–Trinajstić information content (AvgIpc) is 2.39. The first-order valence-electron chi connectivity index (χ1n) is 6.00. The summed E-state index contributed by atoms with van der Waals surface area (Å²) < 4.78 is 23.2. The molecule has 101 valence electrons. The minimum absolute atomic E-state index is 0.00823. The second kappa shape index (κ2) is 6.48. The molecule has 0 saturated heterocycles. The van der Waals surface area contributed by atoms with Crippen LogP contribution in [0.5, 0.6) is 0 Å². The summed E-state index contributed by atoms with van der Waals surface area (Å²) in [6, 6.07) is 8.72. The van der Waals surface area contributed by atoms with Crippen LogP contribution in [-0.2, 0) is 19.0 Å². The van der Waals surface area contributed by atoms with Crippen molar-refractivity contribution in [2.24, 2.45) is 0 Å². The molecule has 1 aromatic carbocycles. The van der Waals surface area contributed by atoms with Gasteiger partial charge in [-0.3, -0.25) is 4.57 Å². The standard InChI is InChI=1S/C13H20O4P/c1-4-13(14,12-10-8-7-9-11-12)18(15,16-5-2)17-6-3/h7-11,14H,1,4-6H2,2-3H3. The topological polar surface area (TPSA) is 55.8 Å². The fraction of sp³-hybridized carbons (Fsp3) is 0.462. The van der Waals surface area contributed by atoms with Crippen LogP contribution in [0.25, 0.3) is 0 Å². The number of hydrogen-bond donors (Lipinski definition) is 1. The lowest BCUT2D eigenvalue weighted by Gasteiger charge is -2.33. The predicted molar refractivity (Wildman–Crippen MR) is 71.2 cm³/mol. The number of hydrogen-bond acceptors (Lipinski definition) is 4. The van der Waals surface area contributed by atoms with Gasteiger partial charge in [0, 0.05) is 0 Å². The Labute approximate surface area is 108 Å². The van der Waals surface area contributed by atoms with Crippen LogP contribution < -0.4 is 0 Å². The molecule has 0 amide bonds. The van der Waals surface area contributed by atoms with E-state index in [-0.39, 0.29) is 19.6 Å². The summed E-state index contributed by atoms with van der Waals surface area (Å²) in [6.07, 6.45) is 0.00823. The zero-order valence-corrected chi connectivity index (χ0v) is 11.7. The Hall–Kier alpha value is -0.670. The Kier molecular flexibility index (Phi) is 5.54. The van der Waals surface area contributed by atoms with Gasteiger partial charge in [0.15, 0.2) is 5.34 Å². The summed E-state index contributed by atoms with van der Waals surface area (Å²) in [6.45, 7) is 7.50. The van der Waals surface area contributed by atoms with E-state index in [9.17, 15) is 9.67 Å². The van der Waals surface area contributed by atoms with Crippen molar-refractivity contribution in [3.63, 3.8) is 0 Å². The van der Waals surface area contributed by atoms with E-state index in [1.807, 2.05) is 6.07 Å². The monoisotopic (exact) mass is 271 g/mol. The highest BCUT2D eigenvalue weighted by Crippen LogP contribution is 2.64. The molecule has 1 atom stereocenters. The maximum absolute atomic E-state index is 12.7. The van der Waals surface area contributed by atoms with Crippen molar-refractivity contribution in [3.8, 4) is 0 Å². The molecule has 0 fully saturated rings. The van der Waals surface area contributed by atoms with Gasteiger partial charge in [0.1, 0.15) is 0 Å². The van der Waals surface area contributed by atoms with Crippen molar-refractivity contribution in [1.82, 2.24) is 0 Å². The molecule has 0 heterocycles. The second-order valence-corrected chi connectivity index (χ2v) is 6.02. The summed E-state index contributed by atoms with van der Waals surface area (Å²) in [7, 11) is -3.67. The quantitative estimate of drug-likeness (QED) is 0.773. The largest absolute Gasteiger partial charge is 0.373 e. The molecule has 0 saturated carbocycles. The molecule has 18 heavy (non-hydrogen) atoms. The third kappa shape index (κ3) is 2.83. The lowest BCUT2D eigenvalue weighted by atomic mass is 10.1. The van der Waals surface area contributed by atoms with Gasteiger partial charge in [-0.05, 0) is 32.8 Å². The van der Waals surface area contributed by atoms with Crippen molar-refractivity contribution < 1.29 is 18.7 Å². The molecular formula is C13H20O4P. The molecule has 0 spiro atoms.